The minimum atomic E-state index is -1.03. The number of carbonyl (C=O) groups is 2. The van der Waals surface area contributed by atoms with E-state index in [0.717, 1.165) is 22.7 Å². The molecule has 2 N–H and O–H groups in total. The summed E-state index contributed by atoms with van der Waals surface area (Å²) in [5.74, 6) is -2.60. The van der Waals surface area contributed by atoms with E-state index in [1.165, 1.54) is 40.5 Å². The van der Waals surface area contributed by atoms with Crippen LogP contribution in [0.4, 0.5) is 9.52 Å². The van der Waals surface area contributed by atoms with Crippen LogP contribution in [0.25, 0.3) is 5.76 Å². The number of carbonyl (C=O) groups excluding carboxylic acids is 2. The minimum Gasteiger partial charge on any atom is -0.507 e. The first kappa shape index (κ1) is 22.5. The molecular weight excluding hydrogens is 447 g/mol. The number of anilines is 1. The van der Waals surface area contributed by atoms with Crippen LogP contribution in [-0.4, -0.2) is 33.5 Å². The standard InChI is InChI=1S/C24H21FN2O5S/c1-4-32-18-11-15(7-10-17(18)28)20-19(21(29)14-5-8-16(25)9-6-14)22(30)23(31)27(20)24-26-12(2)13(3)33-24/h5-11,20,28-29H,4H2,1-3H3. The molecule has 0 saturated carbocycles. The molecule has 7 nitrogen and oxygen atoms in total. The topological polar surface area (TPSA) is 100.0 Å². The zero-order valence-electron chi connectivity index (χ0n) is 18.1. The van der Waals surface area contributed by atoms with Crippen molar-refractivity contribution in [2.24, 2.45) is 0 Å². The number of aliphatic hydroxyl groups is 1. The van der Waals surface area contributed by atoms with E-state index in [4.69, 9.17) is 4.74 Å². The Hall–Kier alpha value is -3.72. The number of amides is 1. The number of aromatic nitrogens is 1. The fourth-order valence-electron chi connectivity index (χ4n) is 3.64. The number of hydrogen-bond acceptors (Lipinski definition) is 7. The van der Waals surface area contributed by atoms with Gasteiger partial charge in [0.1, 0.15) is 11.6 Å². The number of ether oxygens (including phenoxy) is 1. The molecule has 4 rings (SSSR count). The van der Waals surface area contributed by atoms with Crippen LogP contribution in [0, 0.1) is 19.7 Å². The lowest BCUT2D eigenvalue weighted by Crippen LogP contribution is -2.29. The van der Waals surface area contributed by atoms with Gasteiger partial charge < -0.3 is 14.9 Å². The van der Waals surface area contributed by atoms with E-state index in [-0.39, 0.29) is 29.2 Å². The van der Waals surface area contributed by atoms with Crippen molar-refractivity contribution in [2.75, 3.05) is 11.5 Å². The van der Waals surface area contributed by atoms with E-state index in [0.29, 0.717) is 10.7 Å². The van der Waals surface area contributed by atoms with E-state index < -0.39 is 29.3 Å². The highest BCUT2D eigenvalue weighted by molar-refractivity contribution is 7.16. The lowest BCUT2D eigenvalue weighted by Gasteiger charge is -2.23. The van der Waals surface area contributed by atoms with Crippen LogP contribution in [0.15, 0.2) is 48.0 Å². The third kappa shape index (κ3) is 3.95. The maximum absolute atomic E-state index is 13.4. The number of aromatic hydroxyl groups is 1. The van der Waals surface area contributed by atoms with Crippen LogP contribution in [0.3, 0.4) is 0 Å². The quantitative estimate of drug-likeness (QED) is 0.322. The number of benzene rings is 2. The first-order valence-corrected chi connectivity index (χ1v) is 11.0. The second-order valence-electron chi connectivity index (χ2n) is 7.47. The predicted octanol–water partition coefficient (Wildman–Crippen LogP) is 4.63. The van der Waals surface area contributed by atoms with Crippen molar-refractivity contribution in [3.63, 3.8) is 0 Å². The number of phenols is 1. The number of rotatable bonds is 5. The summed E-state index contributed by atoms with van der Waals surface area (Å²) in [5, 5.41) is 21.5. The molecule has 1 atom stereocenters. The summed E-state index contributed by atoms with van der Waals surface area (Å²) in [4.78, 5) is 32.8. The molecule has 0 radical (unpaired) electrons. The van der Waals surface area contributed by atoms with Gasteiger partial charge in [-0.3, -0.25) is 14.5 Å². The lowest BCUT2D eigenvalue weighted by atomic mass is 9.95. The Morgan fingerprint density at radius 3 is 2.48 bits per heavy atom. The summed E-state index contributed by atoms with van der Waals surface area (Å²) in [6.45, 7) is 5.70. The molecule has 33 heavy (non-hydrogen) atoms. The van der Waals surface area contributed by atoms with Crippen molar-refractivity contribution in [2.45, 2.75) is 26.8 Å². The summed E-state index contributed by atoms with van der Waals surface area (Å²) >= 11 is 1.25. The van der Waals surface area contributed by atoms with E-state index >= 15 is 0 Å². The molecule has 1 unspecified atom stereocenters. The Kier molecular flexibility index (Phi) is 5.90. The second-order valence-corrected chi connectivity index (χ2v) is 8.66. The first-order valence-electron chi connectivity index (χ1n) is 10.2. The van der Waals surface area contributed by atoms with Crippen LogP contribution < -0.4 is 9.64 Å². The highest BCUT2D eigenvalue weighted by Crippen LogP contribution is 2.45. The van der Waals surface area contributed by atoms with Crippen molar-refractivity contribution in [1.29, 1.82) is 0 Å². The summed E-state index contributed by atoms with van der Waals surface area (Å²) in [7, 11) is 0. The number of Topliss-reactive ketones (excluding diaryl/α,β-unsaturated/α-hetero) is 1. The third-order valence-corrected chi connectivity index (χ3v) is 6.46. The van der Waals surface area contributed by atoms with Crippen LogP contribution in [-0.2, 0) is 9.59 Å². The monoisotopic (exact) mass is 468 g/mol. The van der Waals surface area contributed by atoms with Crippen molar-refractivity contribution >= 4 is 33.9 Å². The number of thiazole rings is 1. The lowest BCUT2D eigenvalue weighted by molar-refractivity contribution is -0.132. The molecule has 2 aromatic carbocycles. The highest BCUT2D eigenvalue weighted by atomic mass is 32.1. The normalized spacial score (nSPS) is 17.6. The van der Waals surface area contributed by atoms with Crippen LogP contribution in [0.2, 0.25) is 0 Å². The Balaban J connectivity index is 1.96. The molecule has 1 saturated heterocycles. The number of phenolic OH excluding ortho intramolecular Hbond substituents is 1. The molecule has 9 heteroatoms. The third-order valence-electron chi connectivity index (χ3n) is 5.38. The molecule has 1 aliphatic rings. The molecule has 1 aromatic heterocycles. The number of aryl methyl sites for hydroxylation is 2. The van der Waals surface area contributed by atoms with E-state index in [9.17, 15) is 24.2 Å². The molecule has 1 fully saturated rings. The summed E-state index contributed by atoms with van der Waals surface area (Å²) in [6.07, 6.45) is 0. The second kappa shape index (κ2) is 8.67. The van der Waals surface area contributed by atoms with Gasteiger partial charge >= 0.3 is 5.91 Å². The van der Waals surface area contributed by atoms with Gasteiger partial charge in [-0.15, -0.1) is 11.3 Å². The summed E-state index contributed by atoms with van der Waals surface area (Å²) < 4.78 is 18.9. The minimum absolute atomic E-state index is 0.1000. The zero-order valence-corrected chi connectivity index (χ0v) is 18.9. The van der Waals surface area contributed by atoms with Gasteiger partial charge in [0.05, 0.1) is 23.9 Å². The van der Waals surface area contributed by atoms with Crippen molar-refractivity contribution in [1.82, 2.24) is 4.98 Å². The van der Waals surface area contributed by atoms with Gasteiger partial charge in [-0.2, -0.15) is 0 Å². The van der Waals surface area contributed by atoms with Crippen molar-refractivity contribution in [3.05, 3.63) is 75.6 Å². The summed E-state index contributed by atoms with van der Waals surface area (Å²) in [5.41, 5.74) is 1.18. The smallest absolute Gasteiger partial charge is 0.301 e. The summed E-state index contributed by atoms with van der Waals surface area (Å²) in [6, 6.07) is 8.41. The molecule has 1 aliphatic heterocycles. The molecule has 0 bridgehead atoms. The average Bonchev–Trinajstić information content (AvgIpc) is 3.25. The average molecular weight is 469 g/mol. The van der Waals surface area contributed by atoms with E-state index in [1.54, 1.807) is 19.9 Å². The van der Waals surface area contributed by atoms with Gasteiger partial charge in [0.2, 0.25) is 0 Å². The molecule has 170 valence electrons. The zero-order chi connectivity index (χ0) is 23.9. The van der Waals surface area contributed by atoms with Crippen LogP contribution in [0.5, 0.6) is 11.5 Å². The Morgan fingerprint density at radius 1 is 1.18 bits per heavy atom. The molecule has 2 heterocycles. The predicted molar refractivity (Wildman–Crippen MR) is 122 cm³/mol. The van der Waals surface area contributed by atoms with E-state index in [1.807, 2.05) is 6.92 Å². The van der Waals surface area contributed by atoms with Crippen molar-refractivity contribution < 1.29 is 28.9 Å². The SMILES string of the molecule is CCOc1cc(C2C(=C(O)c3ccc(F)cc3)C(=O)C(=O)N2c2nc(C)c(C)s2)ccc1O. The fraction of sp³-hybridized carbons (Fsp3) is 0.208. The Bertz CT molecular complexity index is 1260. The molecule has 0 aliphatic carbocycles. The van der Waals surface area contributed by atoms with Gasteiger partial charge in [-0.05, 0) is 62.7 Å². The van der Waals surface area contributed by atoms with Crippen LogP contribution >= 0.6 is 11.3 Å². The maximum atomic E-state index is 13.4. The number of ketones is 1. The highest BCUT2D eigenvalue weighted by Gasteiger charge is 2.48. The number of halogens is 1. The molecular formula is C24H21FN2O5S. The molecule has 3 aromatic rings. The van der Waals surface area contributed by atoms with Gasteiger partial charge in [-0.1, -0.05) is 6.07 Å². The van der Waals surface area contributed by atoms with Crippen LogP contribution in [0.1, 0.15) is 34.7 Å². The molecule has 1 amide bonds. The number of nitrogens with zero attached hydrogens (tertiary/aromatic N) is 2. The van der Waals surface area contributed by atoms with Crippen molar-refractivity contribution in [3.8, 4) is 11.5 Å². The van der Waals surface area contributed by atoms with Gasteiger partial charge in [0.25, 0.3) is 5.78 Å². The first-order chi connectivity index (χ1) is 15.7. The Labute approximate surface area is 193 Å². The van der Waals surface area contributed by atoms with Gasteiger partial charge in [0, 0.05) is 10.4 Å². The van der Waals surface area contributed by atoms with Gasteiger partial charge in [-0.25, -0.2) is 9.37 Å². The maximum Gasteiger partial charge on any atom is 0.301 e. The van der Waals surface area contributed by atoms with Gasteiger partial charge in [0.15, 0.2) is 16.6 Å². The largest absolute Gasteiger partial charge is 0.507 e. The van der Waals surface area contributed by atoms with E-state index in [2.05, 4.69) is 4.98 Å². The fourth-order valence-corrected chi connectivity index (χ4v) is 4.58. The number of aliphatic hydroxyl groups excluding tert-OH is 1. The molecule has 0 spiro atoms. The Morgan fingerprint density at radius 2 is 1.88 bits per heavy atom. The number of hydrogen-bond donors (Lipinski definition) is 2.